The monoisotopic (exact) mass is 311 g/mol. The summed E-state index contributed by atoms with van der Waals surface area (Å²) < 4.78 is 5.24. The van der Waals surface area contributed by atoms with E-state index in [1.807, 2.05) is 12.1 Å². The fourth-order valence-corrected chi connectivity index (χ4v) is 1.34. The Morgan fingerprint density at radius 1 is 1.14 bits per heavy atom. The Balaban J connectivity index is 0. The molecule has 0 saturated heterocycles. The number of halogens is 2. The van der Waals surface area contributed by atoms with Crippen LogP contribution in [0.3, 0.4) is 0 Å². The maximum absolute atomic E-state index is 5.24. The van der Waals surface area contributed by atoms with Crippen LogP contribution >= 0.6 is 24.8 Å². The number of hydrogen-bond acceptors (Lipinski definition) is 1. The molecule has 0 bridgehead atoms. The molecule has 0 spiro atoms. The Morgan fingerprint density at radius 3 is 2.14 bits per heavy atom. The molecule has 0 aromatic heterocycles. The number of rotatable bonds is 1. The van der Waals surface area contributed by atoms with Crippen molar-refractivity contribution in [3.05, 3.63) is 29.8 Å². The third-order valence-corrected chi connectivity index (χ3v) is 2.40. The second-order valence-electron chi connectivity index (χ2n) is 3.88. The normalized spacial score (nSPS) is 9.57. The van der Waals surface area contributed by atoms with E-state index in [1.165, 1.54) is 5.56 Å². The van der Waals surface area contributed by atoms with E-state index in [1.54, 1.807) is 0 Å². The van der Waals surface area contributed by atoms with Gasteiger partial charge in [0.25, 0.3) is 0 Å². The fourth-order valence-electron chi connectivity index (χ4n) is 1.03. The Hall–Kier alpha value is 0.483. The molecule has 0 aliphatic carbocycles. The first kappa shape index (κ1) is 16.9. The average Bonchev–Trinajstić information content (AvgIpc) is 2.03. The summed E-state index contributed by atoms with van der Waals surface area (Å²) in [6.07, 6.45) is 0. The maximum atomic E-state index is 5.24. The molecule has 0 saturated carbocycles. The summed E-state index contributed by atoms with van der Waals surface area (Å²) >= 11 is 1.09. The van der Waals surface area contributed by atoms with E-state index in [0.29, 0.717) is 0 Å². The molecular formula is C10H15Cl2OZr. The first-order valence-electron chi connectivity index (χ1n) is 3.98. The molecule has 1 aromatic rings. The van der Waals surface area contributed by atoms with E-state index in [0.717, 1.165) is 30.9 Å². The molecule has 0 N–H and O–H groups in total. The molecule has 0 amide bonds. The second kappa shape index (κ2) is 6.87. The quantitative estimate of drug-likeness (QED) is 0.769. The minimum atomic E-state index is 0. The average molecular weight is 313 g/mol. The molecule has 1 rings (SSSR count). The van der Waals surface area contributed by atoms with Crippen LogP contribution in [0.5, 0.6) is 5.75 Å². The van der Waals surface area contributed by atoms with Gasteiger partial charge in [0.15, 0.2) is 0 Å². The predicted octanol–water partition coefficient (Wildman–Crippen LogP) is 3.67. The summed E-state index contributed by atoms with van der Waals surface area (Å²) in [6, 6.07) is 8.27. The second-order valence-corrected chi connectivity index (χ2v) is 4.38. The van der Waals surface area contributed by atoms with Gasteiger partial charge in [-0.3, -0.25) is 0 Å². The van der Waals surface area contributed by atoms with Crippen molar-refractivity contribution in [1.82, 2.24) is 0 Å². The molecule has 1 nitrogen and oxygen atoms in total. The smallest absolute Gasteiger partial charge is 0.147 e. The molecule has 0 radical (unpaired) electrons. The van der Waals surface area contributed by atoms with Crippen LogP contribution < -0.4 is 2.81 Å². The van der Waals surface area contributed by atoms with Gasteiger partial charge >= 0.3 is 89.7 Å². The molecular weight excluding hydrogens is 298 g/mol. The SMILES string of the molecule is CC(C)(C)c1cccc([O][Zr])c1.Cl.Cl. The molecule has 4 heteroatoms. The molecule has 0 unspecified atom stereocenters. The topological polar surface area (TPSA) is 9.23 Å². The van der Waals surface area contributed by atoms with Crippen LogP contribution in [-0.4, -0.2) is 0 Å². The van der Waals surface area contributed by atoms with Gasteiger partial charge in [-0.2, -0.15) is 0 Å². The summed E-state index contributed by atoms with van der Waals surface area (Å²) in [5.41, 5.74) is 1.53. The van der Waals surface area contributed by atoms with Crippen molar-refractivity contribution in [3.63, 3.8) is 0 Å². The Labute approximate surface area is 114 Å². The van der Waals surface area contributed by atoms with Crippen molar-refractivity contribution in [2.45, 2.75) is 26.2 Å². The van der Waals surface area contributed by atoms with Crippen molar-refractivity contribution < 1.29 is 28.0 Å². The molecule has 0 aliphatic rings. The van der Waals surface area contributed by atoms with Gasteiger partial charge in [-0.25, -0.2) is 0 Å². The zero-order valence-electron chi connectivity index (χ0n) is 8.53. The molecule has 14 heavy (non-hydrogen) atoms. The third kappa shape index (κ3) is 4.82. The van der Waals surface area contributed by atoms with E-state index in [-0.39, 0.29) is 30.2 Å². The minimum absolute atomic E-state index is 0. The minimum Gasteiger partial charge on any atom is -0.147 e. The Bertz CT molecular complexity index is 271. The first-order chi connectivity index (χ1) is 5.54. The molecule has 0 fully saturated rings. The molecule has 0 aliphatic heterocycles. The predicted molar refractivity (Wildman–Crippen MR) is 60.3 cm³/mol. The maximum Gasteiger partial charge on any atom is -0.147 e. The van der Waals surface area contributed by atoms with Crippen LogP contribution in [0.1, 0.15) is 26.3 Å². The van der Waals surface area contributed by atoms with Gasteiger partial charge in [0, 0.05) is 0 Å². The van der Waals surface area contributed by atoms with Crippen LogP contribution in [0.4, 0.5) is 0 Å². The first-order valence-corrected chi connectivity index (χ1v) is 4.98. The van der Waals surface area contributed by atoms with E-state index < -0.39 is 0 Å². The summed E-state index contributed by atoms with van der Waals surface area (Å²) in [5, 5.41) is 0. The van der Waals surface area contributed by atoms with Gasteiger partial charge in [-0.1, -0.05) is 0 Å². The van der Waals surface area contributed by atoms with Crippen molar-refractivity contribution in [2.75, 3.05) is 0 Å². The zero-order chi connectivity index (χ0) is 9.19. The van der Waals surface area contributed by atoms with Crippen molar-refractivity contribution >= 4 is 24.8 Å². The summed E-state index contributed by atoms with van der Waals surface area (Å²) in [7, 11) is 0. The van der Waals surface area contributed by atoms with Gasteiger partial charge in [-0.05, 0) is 0 Å². The van der Waals surface area contributed by atoms with Crippen LogP contribution in [0.15, 0.2) is 24.3 Å². The van der Waals surface area contributed by atoms with E-state index in [9.17, 15) is 0 Å². The van der Waals surface area contributed by atoms with Crippen LogP contribution in [0, 0.1) is 0 Å². The molecule has 1 aromatic carbocycles. The van der Waals surface area contributed by atoms with Gasteiger partial charge in [0.1, 0.15) is 0 Å². The van der Waals surface area contributed by atoms with Crippen LogP contribution in [0.25, 0.3) is 0 Å². The van der Waals surface area contributed by atoms with E-state index in [2.05, 4.69) is 32.9 Å². The van der Waals surface area contributed by atoms with Gasteiger partial charge < -0.3 is 0 Å². The third-order valence-electron chi connectivity index (χ3n) is 1.82. The largest absolute Gasteiger partial charge is 0.147 e. The molecule has 79 valence electrons. The number of benzene rings is 1. The zero-order valence-corrected chi connectivity index (χ0v) is 12.6. The van der Waals surface area contributed by atoms with E-state index >= 15 is 0 Å². The van der Waals surface area contributed by atoms with Crippen molar-refractivity contribution in [2.24, 2.45) is 0 Å². The van der Waals surface area contributed by atoms with Gasteiger partial charge in [-0.15, -0.1) is 24.8 Å². The van der Waals surface area contributed by atoms with Crippen molar-refractivity contribution in [1.29, 1.82) is 0 Å². The molecule has 0 atom stereocenters. The standard InChI is InChI=1S/C10H14O.2ClH.Zr/c1-10(2,3)8-5-4-6-9(11)7-8;;;/h4-7,11H,1-3H3;2*1H;/q;;;+1/p-1. The fraction of sp³-hybridized carbons (Fsp3) is 0.400. The van der Waals surface area contributed by atoms with E-state index in [4.69, 9.17) is 2.81 Å². The van der Waals surface area contributed by atoms with Crippen LogP contribution in [-0.2, 0) is 30.6 Å². The van der Waals surface area contributed by atoms with Crippen LogP contribution in [0.2, 0.25) is 0 Å². The summed E-state index contributed by atoms with van der Waals surface area (Å²) in [5.74, 6) is 0.973. The summed E-state index contributed by atoms with van der Waals surface area (Å²) in [6.45, 7) is 6.61. The molecule has 0 heterocycles. The Kier molecular flexibility index (Phi) is 8.30. The summed E-state index contributed by atoms with van der Waals surface area (Å²) in [4.78, 5) is 0. The van der Waals surface area contributed by atoms with Gasteiger partial charge in [0.2, 0.25) is 0 Å². The van der Waals surface area contributed by atoms with Gasteiger partial charge in [0.05, 0.1) is 0 Å². The number of hydrogen-bond donors (Lipinski definition) is 0. The Morgan fingerprint density at radius 2 is 1.71 bits per heavy atom. The van der Waals surface area contributed by atoms with Crippen molar-refractivity contribution in [3.8, 4) is 5.75 Å².